The molecule has 5 heteroatoms. The van der Waals surface area contributed by atoms with Crippen molar-refractivity contribution in [3.05, 3.63) is 30.1 Å². The van der Waals surface area contributed by atoms with Crippen LogP contribution in [0.15, 0.2) is 24.5 Å². The average molecular weight is 247 g/mol. The Bertz CT molecular complexity index is 433. The van der Waals surface area contributed by atoms with Gasteiger partial charge in [0, 0.05) is 39.0 Å². The highest BCUT2D eigenvalue weighted by Crippen LogP contribution is 2.12. The molecule has 18 heavy (non-hydrogen) atoms. The van der Waals surface area contributed by atoms with Crippen molar-refractivity contribution in [2.45, 2.75) is 12.8 Å². The van der Waals surface area contributed by atoms with Crippen LogP contribution < -0.4 is 5.32 Å². The molecular formula is C13H17N3O2. The zero-order chi connectivity index (χ0) is 13.0. The monoisotopic (exact) mass is 247 g/mol. The number of pyridine rings is 1. The van der Waals surface area contributed by atoms with Crippen molar-refractivity contribution in [2.75, 3.05) is 20.1 Å². The molecule has 2 amide bonds. The van der Waals surface area contributed by atoms with Crippen LogP contribution in [0, 0.1) is 5.92 Å². The molecule has 1 aromatic heterocycles. The fourth-order valence-corrected chi connectivity index (χ4v) is 2.05. The summed E-state index contributed by atoms with van der Waals surface area (Å²) in [5, 5.41) is 2.68. The van der Waals surface area contributed by atoms with Crippen LogP contribution in [-0.4, -0.2) is 41.8 Å². The molecular weight excluding hydrogens is 230 g/mol. The molecule has 1 aromatic rings. The number of carbonyl (C=O) groups excluding carboxylic acids is 2. The van der Waals surface area contributed by atoms with E-state index in [9.17, 15) is 9.59 Å². The molecule has 0 aromatic carbocycles. The molecule has 0 radical (unpaired) electrons. The Morgan fingerprint density at radius 1 is 1.50 bits per heavy atom. The highest BCUT2D eigenvalue weighted by molar-refractivity contribution is 5.89. The number of likely N-dealkylation sites (N-methyl/N-ethyl adjacent to an activating group) is 1. The topological polar surface area (TPSA) is 62.3 Å². The number of rotatable bonds is 4. The first-order chi connectivity index (χ1) is 8.66. The van der Waals surface area contributed by atoms with Gasteiger partial charge in [-0.1, -0.05) is 0 Å². The van der Waals surface area contributed by atoms with Gasteiger partial charge >= 0.3 is 0 Å². The summed E-state index contributed by atoms with van der Waals surface area (Å²) in [4.78, 5) is 28.8. The van der Waals surface area contributed by atoms with Gasteiger partial charge in [-0.3, -0.25) is 14.6 Å². The molecule has 1 unspecified atom stereocenters. The molecule has 2 heterocycles. The molecule has 1 fully saturated rings. The molecule has 5 nitrogen and oxygen atoms in total. The number of hydrogen-bond donors (Lipinski definition) is 1. The second kappa shape index (κ2) is 5.62. The summed E-state index contributed by atoms with van der Waals surface area (Å²) in [5.74, 6) is -0.182. The second-order valence-corrected chi connectivity index (χ2v) is 4.57. The summed E-state index contributed by atoms with van der Waals surface area (Å²) in [7, 11) is 1.78. The van der Waals surface area contributed by atoms with Crippen molar-refractivity contribution in [3.8, 4) is 0 Å². The second-order valence-electron chi connectivity index (χ2n) is 4.57. The minimum atomic E-state index is -0.194. The lowest BCUT2D eigenvalue weighted by Crippen LogP contribution is -2.35. The minimum absolute atomic E-state index is 0.0316. The number of amides is 2. The number of carbonyl (C=O) groups is 2. The molecule has 0 aliphatic carbocycles. The molecule has 1 atom stereocenters. The summed E-state index contributed by atoms with van der Waals surface area (Å²) in [5.41, 5.74) is 1.16. The highest BCUT2D eigenvalue weighted by Gasteiger charge is 2.29. The van der Waals surface area contributed by atoms with Crippen LogP contribution in [0.4, 0.5) is 0 Å². The summed E-state index contributed by atoms with van der Waals surface area (Å²) in [6.07, 6.45) is 4.62. The van der Waals surface area contributed by atoms with Crippen molar-refractivity contribution in [3.63, 3.8) is 0 Å². The third-order valence-electron chi connectivity index (χ3n) is 3.19. The van der Waals surface area contributed by atoms with Gasteiger partial charge in [0.25, 0.3) is 0 Å². The van der Waals surface area contributed by atoms with Gasteiger partial charge in [0.15, 0.2) is 0 Å². The number of nitrogens with one attached hydrogen (secondary N) is 1. The van der Waals surface area contributed by atoms with Crippen LogP contribution >= 0.6 is 0 Å². The Hall–Kier alpha value is -1.91. The maximum Gasteiger partial charge on any atom is 0.227 e. The van der Waals surface area contributed by atoms with Crippen LogP contribution in [0.25, 0.3) is 0 Å². The van der Waals surface area contributed by atoms with Gasteiger partial charge in [-0.15, -0.1) is 0 Å². The van der Waals surface area contributed by atoms with Gasteiger partial charge in [0.1, 0.15) is 0 Å². The van der Waals surface area contributed by atoms with Gasteiger partial charge in [-0.25, -0.2) is 0 Å². The van der Waals surface area contributed by atoms with Crippen LogP contribution in [-0.2, 0) is 16.0 Å². The Balaban J connectivity index is 1.82. The van der Waals surface area contributed by atoms with Gasteiger partial charge in [-0.05, 0) is 24.1 Å². The summed E-state index contributed by atoms with van der Waals surface area (Å²) in [6, 6.07) is 3.89. The first-order valence-corrected chi connectivity index (χ1v) is 6.07. The first kappa shape index (κ1) is 12.5. The molecule has 1 aliphatic heterocycles. The van der Waals surface area contributed by atoms with Crippen molar-refractivity contribution >= 4 is 11.8 Å². The van der Waals surface area contributed by atoms with Crippen LogP contribution in [0.2, 0.25) is 0 Å². The van der Waals surface area contributed by atoms with Gasteiger partial charge in [0.2, 0.25) is 11.8 Å². The summed E-state index contributed by atoms with van der Waals surface area (Å²) >= 11 is 0. The van der Waals surface area contributed by atoms with Crippen molar-refractivity contribution in [2.24, 2.45) is 5.92 Å². The number of nitrogens with zero attached hydrogens (tertiary/aromatic N) is 2. The molecule has 0 spiro atoms. The molecule has 0 bridgehead atoms. The lowest BCUT2D eigenvalue weighted by Gasteiger charge is -2.20. The predicted molar refractivity (Wildman–Crippen MR) is 66.7 cm³/mol. The molecule has 0 saturated carbocycles. The van der Waals surface area contributed by atoms with E-state index in [1.165, 1.54) is 0 Å². The molecule has 1 saturated heterocycles. The number of hydrogen-bond acceptors (Lipinski definition) is 3. The first-order valence-electron chi connectivity index (χ1n) is 6.07. The zero-order valence-electron chi connectivity index (χ0n) is 10.4. The van der Waals surface area contributed by atoms with Gasteiger partial charge in [0.05, 0.1) is 5.92 Å². The average Bonchev–Trinajstić information content (AvgIpc) is 2.83. The fraction of sp³-hybridized carbons (Fsp3) is 0.462. The van der Waals surface area contributed by atoms with E-state index >= 15 is 0 Å². The minimum Gasteiger partial charge on any atom is -0.355 e. The Labute approximate surface area is 106 Å². The maximum atomic E-state index is 12.0. The van der Waals surface area contributed by atoms with Crippen molar-refractivity contribution < 1.29 is 9.59 Å². The Morgan fingerprint density at radius 2 is 2.22 bits per heavy atom. The van der Waals surface area contributed by atoms with E-state index in [4.69, 9.17) is 0 Å². The Morgan fingerprint density at radius 3 is 2.83 bits per heavy atom. The summed E-state index contributed by atoms with van der Waals surface area (Å²) in [6.45, 7) is 1.13. The van der Waals surface area contributed by atoms with Gasteiger partial charge < -0.3 is 10.2 Å². The summed E-state index contributed by atoms with van der Waals surface area (Å²) < 4.78 is 0. The highest BCUT2D eigenvalue weighted by atomic mass is 16.2. The normalized spacial score (nSPS) is 18.5. The van der Waals surface area contributed by atoms with Crippen LogP contribution in [0.1, 0.15) is 12.0 Å². The van der Waals surface area contributed by atoms with E-state index < -0.39 is 0 Å². The zero-order valence-corrected chi connectivity index (χ0v) is 10.4. The van der Waals surface area contributed by atoms with E-state index in [2.05, 4.69) is 10.3 Å². The molecule has 1 N–H and O–H groups in total. The molecule has 1 aliphatic rings. The standard InChI is InChI=1S/C13H17N3O2/c1-16(7-4-10-2-5-14-6-3-10)13(18)11-8-12(17)15-9-11/h2-3,5-6,11H,4,7-9H2,1H3,(H,15,17). The lowest BCUT2D eigenvalue weighted by molar-refractivity contribution is -0.134. The quantitative estimate of drug-likeness (QED) is 0.828. The van der Waals surface area contributed by atoms with E-state index in [0.717, 1.165) is 12.0 Å². The van der Waals surface area contributed by atoms with Crippen LogP contribution in [0.5, 0.6) is 0 Å². The molecule has 96 valence electrons. The Kier molecular flexibility index (Phi) is 3.92. The van der Waals surface area contributed by atoms with E-state index in [-0.39, 0.29) is 17.7 Å². The maximum absolute atomic E-state index is 12.0. The fourth-order valence-electron chi connectivity index (χ4n) is 2.05. The van der Waals surface area contributed by atoms with E-state index in [1.54, 1.807) is 24.3 Å². The predicted octanol–water partition coefficient (Wildman–Crippen LogP) is 0.219. The van der Waals surface area contributed by atoms with Crippen molar-refractivity contribution in [1.82, 2.24) is 15.2 Å². The van der Waals surface area contributed by atoms with Crippen LogP contribution in [0.3, 0.4) is 0 Å². The largest absolute Gasteiger partial charge is 0.355 e. The third kappa shape index (κ3) is 3.06. The molecule has 2 rings (SSSR count). The lowest BCUT2D eigenvalue weighted by atomic mass is 10.1. The van der Waals surface area contributed by atoms with Crippen molar-refractivity contribution in [1.29, 1.82) is 0 Å². The number of aromatic nitrogens is 1. The van der Waals surface area contributed by atoms with Gasteiger partial charge in [-0.2, -0.15) is 0 Å². The van der Waals surface area contributed by atoms with E-state index in [0.29, 0.717) is 19.5 Å². The van der Waals surface area contributed by atoms with E-state index in [1.807, 2.05) is 12.1 Å². The third-order valence-corrected chi connectivity index (χ3v) is 3.19. The smallest absolute Gasteiger partial charge is 0.227 e. The SMILES string of the molecule is CN(CCc1ccncc1)C(=O)C1CNC(=O)C1.